The molecule has 0 aromatic carbocycles. The van der Waals surface area contributed by atoms with Crippen LogP contribution in [0.5, 0.6) is 0 Å². The smallest absolute Gasteiger partial charge is 0.280 e. The highest BCUT2D eigenvalue weighted by Crippen LogP contribution is 2.23. The predicted molar refractivity (Wildman–Crippen MR) is 92.7 cm³/mol. The maximum atomic E-state index is 12.9. The van der Waals surface area contributed by atoms with Crippen molar-refractivity contribution in [2.24, 2.45) is 11.5 Å². The number of rotatable bonds is 5. The van der Waals surface area contributed by atoms with Crippen LogP contribution in [-0.2, 0) is 0 Å². The van der Waals surface area contributed by atoms with Crippen molar-refractivity contribution in [3.05, 3.63) is 65.4 Å². The van der Waals surface area contributed by atoms with Crippen LogP contribution in [0.1, 0.15) is 33.9 Å². The van der Waals surface area contributed by atoms with Crippen LogP contribution in [0.15, 0.2) is 42.7 Å². The Kier molecular flexibility index (Phi) is 4.44. The summed E-state index contributed by atoms with van der Waals surface area (Å²) in [6.07, 6.45) is 1.15. The third kappa shape index (κ3) is 3.02. The van der Waals surface area contributed by atoms with Crippen LogP contribution in [0.25, 0.3) is 16.9 Å². The summed E-state index contributed by atoms with van der Waals surface area (Å²) in [4.78, 5) is 19.4. The van der Waals surface area contributed by atoms with Gasteiger partial charge in [0.05, 0.1) is 17.6 Å². The first-order valence-electron chi connectivity index (χ1n) is 7.45. The monoisotopic (exact) mass is 356 g/mol. The number of fused-ring (bicyclic) bond motifs is 1. The molecule has 5 N–H and O–H groups in total. The molecule has 3 rings (SSSR count). The molecule has 9 heteroatoms. The molecule has 3 heterocycles. The van der Waals surface area contributed by atoms with Crippen molar-refractivity contribution < 1.29 is 13.6 Å². The normalized spacial score (nSPS) is 12.3. The minimum atomic E-state index is -2.73. The number of pyridine rings is 2. The summed E-state index contributed by atoms with van der Waals surface area (Å²) in [6, 6.07) is 7.37. The van der Waals surface area contributed by atoms with Gasteiger partial charge in [0.1, 0.15) is 17.0 Å². The van der Waals surface area contributed by atoms with E-state index in [0.717, 1.165) is 6.21 Å². The average Bonchev–Trinajstić information content (AvgIpc) is 3.06. The van der Waals surface area contributed by atoms with Gasteiger partial charge in [0, 0.05) is 23.5 Å². The van der Waals surface area contributed by atoms with Gasteiger partial charge in [-0.05, 0) is 24.3 Å². The molecule has 3 aromatic rings. The van der Waals surface area contributed by atoms with Gasteiger partial charge in [-0.2, -0.15) is 0 Å². The average molecular weight is 356 g/mol. The number of nitrogens with one attached hydrogen (secondary N) is 1. The number of alkyl halides is 2. The topological polar surface area (TPSA) is 123 Å². The number of imidazole rings is 1. The first-order valence-corrected chi connectivity index (χ1v) is 7.45. The fourth-order valence-electron chi connectivity index (χ4n) is 2.50. The molecule has 0 aliphatic heterocycles. The summed E-state index contributed by atoms with van der Waals surface area (Å²) >= 11 is 0. The van der Waals surface area contributed by atoms with E-state index < -0.39 is 18.0 Å². The summed E-state index contributed by atoms with van der Waals surface area (Å²) in [6.45, 7) is 0. The third-order valence-electron chi connectivity index (χ3n) is 3.77. The van der Waals surface area contributed by atoms with Gasteiger partial charge in [0.25, 0.3) is 12.3 Å². The van der Waals surface area contributed by atoms with Crippen molar-refractivity contribution >= 4 is 29.0 Å². The molecule has 0 radical (unpaired) electrons. The van der Waals surface area contributed by atoms with E-state index in [1.54, 1.807) is 18.3 Å². The Morgan fingerprint density at radius 2 is 2.00 bits per heavy atom. The number of allylic oxidation sites excluding steroid dienone is 1. The van der Waals surface area contributed by atoms with Crippen molar-refractivity contribution in [1.29, 1.82) is 5.41 Å². The predicted octanol–water partition coefficient (Wildman–Crippen LogP) is 2.24. The largest absolute Gasteiger partial charge is 0.396 e. The number of hydrogen-bond acceptors (Lipinski definition) is 5. The Labute approximate surface area is 146 Å². The zero-order chi connectivity index (χ0) is 18.8. The molecule has 7 nitrogen and oxygen atoms in total. The van der Waals surface area contributed by atoms with E-state index in [0.29, 0.717) is 11.2 Å². The lowest BCUT2D eigenvalue weighted by Gasteiger charge is -2.10. The minimum absolute atomic E-state index is 0.0580. The van der Waals surface area contributed by atoms with Gasteiger partial charge < -0.3 is 16.9 Å². The summed E-state index contributed by atoms with van der Waals surface area (Å²) in [5.74, 6) is -0.658. The molecule has 0 aliphatic carbocycles. The Hall–Kier alpha value is -3.62. The maximum absolute atomic E-state index is 12.9. The SMILES string of the molecule is N=CC(=C(N)c1cccc(C(F)F)n1)c1ccc2ncc(C(N)=O)n2c1. The Morgan fingerprint density at radius 1 is 1.23 bits per heavy atom. The van der Waals surface area contributed by atoms with Gasteiger partial charge in [-0.3, -0.25) is 9.20 Å². The molecular weight excluding hydrogens is 342 g/mol. The van der Waals surface area contributed by atoms with Crippen molar-refractivity contribution in [3.63, 3.8) is 0 Å². The molecule has 132 valence electrons. The van der Waals surface area contributed by atoms with Crippen molar-refractivity contribution in [2.75, 3.05) is 0 Å². The Bertz CT molecular complexity index is 1040. The molecule has 0 spiro atoms. The van der Waals surface area contributed by atoms with Gasteiger partial charge in [-0.1, -0.05) is 6.07 Å². The van der Waals surface area contributed by atoms with Crippen molar-refractivity contribution in [3.8, 4) is 0 Å². The lowest BCUT2D eigenvalue weighted by atomic mass is 10.0. The highest BCUT2D eigenvalue weighted by Gasteiger charge is 2.14. The fourth-order valence-corrected chi connectivity index (χ4v) is 2.50. The van der Waals surface area contributed by atoms with Crippen LogP contribution in [-0.4, -0.2) is 26.5 Å². The molecule has 0 bridgehead atoms. The molecule has 1 amide bonds. The molecular formula is C17H14F2N6O. The number of nitrogens with two attached hydrogens (primary N) is 2. The number of nitrogens with zero attached hydrogens (tertiary/aromatic N) is 3. The second-order valence-electron chi connectivity index (χ2n) is 5.37. The summed E-state index contributed by atoms with van der Waals surface area (Å²) in [5.41, 5.74) is 12.6. The van der Waals surface area contributed by atoms with Crippen LogP contribution in [0, 0.1) is 5.41 Å². The molecule has 26 heavy (non-hydrogen) atoms. The number of carbonyl (C=O) groups excluding carboxylic acids is 1. The van der Waals surface area contributed by atoms with Gasteiger partial charge in [-0.25, -0.2) is 18.7 Å². The van der Waals surface area contributed by atoms with Crippen molar-refractivity contribution in [2.45, 2.75) is 6.43 Å². The first kappa shape index (κ1) is 17.2. The van der Waals surface area contributed by atoms with E-state index in [2.05, 4.69) is 9.97 Å². The van der Waals surface area contributed by atoms with E-state index in [1.807, 2.05) is 0 Å². The standard InChI is InChI=1S/C17H14F2N6O/c18-16(19)12-3-1-2-11(24-12)15(21)10(6-20)9-4-5-14-23-7-13(17(22)26)25(14)8-9/h1-8,16,20H,21H2,(H2,22,26). The minimum Gasteiger partial charge on any atom is -0.396 e. The van der Waals surface area contributed by atoms with E-state index in [9.17, 15) is 13.6 Å². The molecule has 0 fully saturated rings. The highest BCUT2D eigenvalue weighted by atomic mass is 19.3. The quantitative estimate of drug-likeness (QED) is 0.607. The first-order chi connectivity index (χ1) is 12.4. The molecule has 0 saturated carbocycles. The molecule has 0 unspecified atom stereocenters. The van der Waals surface area contributed by atoms with E-state index >= 15 is 0 Å². The number of carbonyl (C=O) groups is 1. The van der Waals surface area contributed by atoms with Crippen molar-refractivity contribution in [1.82, 2.24) is 14.4 Å². The Morgan fingerprint density at radius 3 is 2.65 bits per heavy atom. The van der Waals surface area contributed by atoms with Crippen LogP contribution < -0.4 is 11.5 Å². The Balaban J connectivity index is 2.16. The third-order valence-corrected chi connectivity index (χ3v) is 3.77. The fraction of sp³-hybridized carbons (Fsp3) is 0.0588. The highest BCUT2D eigenvalue weighted by molar-refractivity contribution is 6.17. The molecule has 0 aliphatic rings. The zero-order valence-corrected chi connectivity index (χ0v) is 13.4. The van der Waals surface area contributed by atoms with Crippen LogP contribution in [0.4, 0.5) is 8.78 Å². The molecule has 3 aromatic heterocycles. The lowest BCUT2D eigenvalue weighted by Crippen LogP contribution is -2.14. The molecule has 0 saturated heterocycles. The van der Waals surface area contributed by atoms with Crippen LogP contribution in [0.3, 0.4) is 0 Å². The van der Waals surface area contributed by atoms with E-state index in [1.165, 1.54) is 28.8 Å². The lowest BCUT2D eigenvalue weighted by molar-refractivity contribution is 0.0994. The maximum Gasteiger partial charge on any atom is 0.280 e. The van der Waals surface area contributed by atoms with E-state index in [4.69, 9.17) is 16.9 Å². The zero-order valence-electron chi connectivity index (χ0n) is 13.4. The second-order valence-corrected chi connectivity index (χ2v) is 5.37. The number of aromatic nitrogens is 3. The number of halogens is 2. The van der Waals surface area contributed by atoms with Gasteiger partial charge in [-0.15, -0.1) is 0 Å². The van der Waals surface area contributed by atoms with Crippen LogP contribution >= 0.6 is 0 Å². The van der Waals surface area contributed by atoms with Gasteiger partial charge in [0.15, 0.2) is 0 Å². The summed E-state index contributed by atoms with van der Waals surface area (Å²) in [7, 11) is 0. The van der Waals surface area contributed by atoms with Gasteiger partial charge >= 0.3 is 0 Å². The number of amides is 1. The van der Waals surface area contributed by atoms with Gasteiger partial charge in [0.2, 0.25) is 0 Å². The number of primary amides is 1. The summed E-state index contributed by atoms with van der Waals surface area (Å²) in [5, 5.41) is 7.67. The second kappa shape index (κ2) is 6.71. The summed E-state index contributed by atoms with van der Waals surface area (Å²) < 4.78 is 27.2. The van der Waals surface area contributed by atoms with Crippen LogP contribution in [0.2, 0.25) is 0 Å². The van der Waals surface area contributed by atoms with E-state index in [-0.39, 0.29) is 22.7 Å². The molecule has 0 atom stereocenters. The number of hydrogen-bond donors (Lipinski definition) is 3.